The summed E-state index contributed by atoms with van der Waals surface area (Å²) >= 11 is 5.99. The summed E-state index contributed by atoms with van der Waals surface area (Å²) in [6.45, 7) is 0. The van der Waals surface area contributed by atoms with Crippen molar-refractivity contribution in [1.29, 1.82) is 0 Å². The third-order valence-corrected chi connectivity index (χ3v) is 4.29. The van der Waals surface area contributed by atoms with Crippen molar-refractivity contribution in [2.75, 3.05) is 7.11 Å². The zero-order chi connectivity index (χ0) is 20.1. The fourth-order valence-corrected chi connectivity index (χ4v) is 2.88. The van der Waals surface area contributed by atoms with Gasteiger partial charge in [-0.2, -0.15) is 0 Å². The Labute approximate surface area is 167 Å². The number of ether oxygens (including phenoxy) is 2. The maximum absolute atomic E-state index is 12.3. The SMILES string of the molecule is COC(=O)c1cc(OC(=O)c2ccccc2)cc(C(O)c2cccc(Cl)c2)c1. The van der Waals surface area contributed by atoms with Crippen LogP contribution in [-0.4, -0.2) is 24.2 Å². The fraction of sp³-hybridized carbons (Fsp3) is 0.0909. The number of carbonyl (C=O) groups excluding carboxylic acids is 2. The lowest BCUT2D eigenvalue weighted by atomic mass is 9.99. The Morgan fingerprint density at radius 2 is 1.61 bits per heavy atom. The summed E-state index contributed by atoms with van der Waals surface area (Å²) in [6, 6.07) is 19.6. The van der Waals surface area contributed by atoms with Crippen molar-refractivity contribution in [1.82, 2.24) is 0 Å². The van der Waals surface area contributed by atoms with Gasteiger partial charge in [-0.15, -0.1) is 0 Å². The van der Waals surface area contributed by atoms with Crippen molar-refractivity contribution in [3.63, 3.8) is 0 Å². The van der Waals surface area contributed by atoms with Gasteiger partial charge in [0.1, 0.15) is 11.9 Å². The van der Waals surface area contributed by atoms with E-state index in [1.807, 2.05) is 0 Å². The predicted octanol–water partition coefficient (Wildman–Crippen LogP) is 4.43. The molecule has 0 spiro atoms. The molecule has 3 rings (SSSR count). The molecule has 0 aliphatic carbocycles. The molecule has 6 heteroatoms. The molecule has 1 atom stereocenters. The normalized spacial score (nSPS) is 11.5. The third-order valence-electron chi connectivity index (χ3n) is 4.05. The minimum Gasteiger partial charge on any atom is -0.465 e. The fourth-order valence-electron chi connectivity index (χ4n) is 2.68. The summed E-state index contributed by atoms with van der Waals surface area (Å²) in [7, 11) is 1.25. The van der Waals surface area contributed by atoms with Crippen molar-refractivity contribution in [2.24, 2.45) is 0 Å². The highest BCUT2D eigenvalue weighted by molar-refractivity contribution is 6.30. The third kappa shape index (κ3) is 4.57. The first kappa shape index (κ1) is 19.6. The summed E-state index contributed by atoms with van der Waals surface area (Å²) in [4.78, 5) is 24.4. The largest absolute Gasteiger partial charge is 0.465 e. The molecule has 142 valence electrons. The van der Waals surface area contributed by atoms with Gasteiger partial charge in [-0.05, 0) is 53.6 Å². The van der Waals surface area contributed by atoms with Gasteiger partial charge < -0.3 is 14.6 Å². The molecule has 3 aromatic rings. The van der Waals surface area contributed by atoms with E-state index >= 15 is 0 Å². The van der Waals surface area contributed by atoms with E-state index in [0.717, 1.165) is 0 Å². The van der Waals surface area contributed by atoms with Crippen molar-refractivity contribution in [3.05, 3.63) is 100 Å². The number of carbonyl (C=O) groups is 2. The van der Waals surface area contributed by atoms with Crippen LogP contribution in [0.15, 0.2) is 72.8 Å². The monoisotopic (exact) mass is 396 g/mol. The van der Waals surface area contributed by atoms with E-state index in [4.69, 9.17) is 21.1 Å². The number of halogens is 1. The van der Waals surface area contributed by atoms with Gasteiger partial charge in [-0.25, -0.2) is 9.59 Å². The molecule has 0 heterocycles. The van der Waals surface area contributed by atoms with E-state index in [2.05, 4.69) is 0 Å². The van der Waals surface area contributed by atoms with Crippen LogP contribution in [0.25, 0.3) is 0 Å². The molecule has 0 radical (unpaired) electrons. The summed E-state index contributed by atoms with van der Waals surface area (Å²) in [5.74, 6) is -1.07. The van der Waals surface area contributed by atoms with Gasteiger partial charge in [0.05, 0.1) is 18.2 Å². The highest BCUT2D eigenvalue weighted by Crippen LogP contribution is 2.29. The standard InChI is InChI=1S/C22H17ClO5/c1-27-21(25)17-10-16(20(24)15-8-5-9-18(23)11-15)12-19(13-17)28-22(26)14-6-3-2-4-7-14/h2-13,20,24H,1H3. The van der Waals surface area contributed by atoms with Gasteiger partial charge in [0.25, 0.3) is 0 Å². The van der Waals surface area contributed by atoms with Gasteiger partial charge in [-0.3, -0.25) is 0 Å². The van der Waals surface area contributed by atoms with Crippen LogP contribution in [0.5, 0.6) is 5.75 Å². The Hall–Kier alpha value is -3.15. The highest BCUT2D eigenvalue weighted by atomic mass is 35.5. The average Bonchev–Trinajstić information content (AvgIpc) is 2.73. The van der Waals surface area contributed by atoms with Gasteiger partial charge in [0.2, 0.25) is 0 Å². The summed E-state index contributed by atoms with van der Waals surface area (Å²) in [5.41, 5.74) is 1.41. The molecule has 3 aromatic carbocycles. The molecule has 5 nitrogen and oxygen atoms in total. The number of aliphatic hydroxyl groups excluding tert-OH is 1. The molecule has 0 saturated carbocycles. The second kappa shape index (κ2) is 8.69. The molecule has 0 bridgehead atoms. The van der Waals surface area contributed by atoms with Crippen molar-refractivity contribution in [2.45, 2.75) is 6.10 Å². The molecule has 1 N–H and O–H groups in total. The number of esters is 2. The Bertz CT molecular complexity index is 1000. The summed E-state index contributed by atoms with van der Waals surface area (Å²) in [5, 5.41) is 11.2. The first-order valence-corrected chi connectivity index (χ1v) is 8.80. The van der Waals surface area contributed by atoms with E-state index in [1.54, 1.807) is 54.6 Å². The minimum atomic E-state index is -1.07. The zero-order valence-electron chi connectivity index (χ0n) is 15.0. The van der Waals surface area contributed by atoms with Crippen LogP contribution in [0.1, 0.15) is 37.9 Å². The van der Waals surface area contributed by atoms with Crippen LogP contribution < -0.4 is 4.74 Å². The van der Waals surface area contributed by atoms with E-state index < -0.39 is 18.0 Å². The predicted molar refractivity (Wildman–Crippen MR) is 105 cm³/mol. The minimum absolute atomic E-state index is 0.118. The van der Waals surface area contributed by atoms with Crippen LogP contribution in [-0.2, 0) is 4.74 Å². The smallest absolute Gasteiger partial charge is 0.343 e. The maximum Gasteiger partial charge on any atom is 0.343 e. The number of methoxy groups -OCH3 is 1. The van der Waals surface area contributed by atoms with E-state index in [9.17, 15) is 14.7 Å². The lowest BCUT2D eigenvalue weighted by Crippen LogP contribution is -2.11. The Balaban J connectivity index is 1.97. The molecule has 0 aromatic heterocycles. The van der Waals surface area contributed by atoms with Gasteiger partial charge in [-0.1, -0.05) is 41.9 Å². The van der Waals surface area contributed by atoms with E-state index in [-0.39, 0.29) is 11.3 Å². The molecular weight excluding hydrogens is 380 g/mol. The summed E-state index contributed by atoms with van der Waals surface area (Å²) < 4.78 is 10.2. The second-order valence-electron chi connectivity index (χ2n) is 6.00. The van der Waals surface area contributed by atoms with Crippen LogP contribution in [0.2, 0.25) is 5.02 Å². The van der Waals surface area contributed by atoms with Crippen molar-refractivity contribution < 1.29 is 24.2 Å². The van der Waals surface area contributed by atoms with Crippen LogP contribution in [0.3, 0.4) is 0 Å². The van der Waals surface area contributed by atoms with Gasteiger partial charge in [0.15, 0.2) is 0 Å². The molecule has 0 fully saturated rings. The topological polar surface area (TPSA) is 72.8 Å². The zero-order valence-corrected chi connectivity index (χ0v) is 15.7. The van der Waals surface area contributed by atoms with Gasteiger partial charge in [0, 0.05) is 5.02 Å². The molecule has 28 heavy (non-hydrogen) atoms. The first-order valence-electron chi connectivity index (χ1n) is 8.42. The Morgan fingerprint density at radius 1 is 0.857 bits per heavy atom. The molecule has 1 unspecified atom stereocenters. The number of benzene rings is 3. The van der Waals surface area contributed by atoms with Crippen molar-refractivity contribution in [3.8, 4) is 5.75 Å². The van der Waals surface area contributed by atoms with Crippen LogP contribution in [0.4, 0.5) is 0 Å². The lowest BCUT2D eigenvalue weighted by Gasteiger charge is -2.15. The molecule has 0 aliphatic rings. The number of aliphatic hydroxyl groups is 1. The molecule has 0 aliphatic heterocycles. The number of rotatable bonds is 5. The van der Waals surface area contributed by atoms with Crippen molar-refractivity contribution >= 4 is 23.5 Å². The molecule has 0 amide bonds. The summed E-state index contributed by atoms with van der Waals surface area (Å²) in [6.07, 6.45) is -1.07. The molecular formula is C22H17ClO5. The maximum atomic E-state index is 12.3. The van der Waals surface area contributed by atoms with E-state index in [0.29, 0.717) is 21.7 Å². The van der Waals surface area contributed by atoms with Gasteiger partial charge >= 0.3 is 11.9 Å². The first-order chi connectivity index (χ1) is 13.5. The number of hydrogen-bond acceptors (Lipinski definition) is 5. The average molecular weight is 397 g/mol. The highest BCUT2D eigenvalue weighted by Gasteiger charge is 2.18. The van der Waals surface area contributed by atoms with Crippen LogP contribution >= 0.6 is 11.6 Å². The van der Waals surface area contributed by atoms with E-state index in [1.165, 1.54) is 25.3 Å². The quantitative estimate of drug-likeness (QED) is 0.510. The molecule has 0 saturated heterocycles. The Kier molecular flexibility index (Phi) is 6.09. The number of hydrogen-bond donors (Lipinski definition) is 1. The lowest BCUT2D eigenvalue weighted by molar-refractivity contribution is 0.0597. The van der Waals surface area contributed by atoms with Crippen LogP contribution in [0, 0.1) is 0 Å². The second-order valence-corrected chi connectivity index (χ2v) is 6.43. The Morgan fingerprint density at radius 3 is 2.29 bits per heavy atom.